The van der Waals surface area contributed by atoms with Crippen LogP contribution in [0.4, 0.5) is 0 Å². The highest BCUT2D eigenvalue weighted by atomic mass is 16.5. The summed E-state index contributed by atoms with van der Waals surface area (Å²) in [6.45, 7) is 4.73. The molecule has 0 amide bonds. The van der Waals surface area contributed by atoms with Gasteiger partial charge in [0.2, 0.25) is 0 Å². The molecule has 0 spiro atoms. The van der Waals surface area contributed by atoms with E-state index in [0.29, 0.717) is 18.9 Å². The average molecular weight is 392 g/mol. The fourth-order valence-corrected chi connectivity index (χ4v) is 3.05. The Morgan fingerprint density at radius 3 is 2.34 bits per heavy atom. The topological polar surface area (TPSA) is 81.4 Å². The Bertz CT molecular complexity index is 1040. The van der Waals surface area contributed by atoms with Gasteiger partial charge in [-0.2, -0.15) is 0 Å². The van der Waals surface area contributed by atoms with Crippen LogP contribution in [0.1, 0.15) is 46.3 Å². The van der Waals surface area contributed by atoms with Crippen LogP contribution in [0.25, 0.3) is 0 Å². The summed E-state index contributed by atoms with van der Waals surface area (Å²) < 4.78 is 7.49. The smallest absolute Gasteiger partial charge is 0.335 e. The minimum absolute atomic E-state index is 0.0360. The van der Waals surface area contributed by atoms with Gasteiger partial charge in [-0.25, -0.2) is 9.78 Å². The fraction of sp³-hybridized carbons (Fsp3) is 0.261. The van der Waals surface area contributed by atoms with Crippen molar-refractivity contribution in [2.75, 3.05) is 0 Å². The van der Waals surface area contributed by atoms with E-state index in [2.05, 4.69) is 11.9 Å². The maximum absolute atomic E-state index is 12.4. The Kier molecular flexibility index (Phi) is 6.44. The minimum atomic E-state index is -0.946. The van der Waals surface area contributed by atoms with Crippen molar-refractivity contribution in [3.8, 4) is 5.75 Å². The lowest BCUT2D eigenvalue weighted by Gasteiger charge is -2.13. The zero-order valence-corrected chi connectivity index (χ0v) is 16.6. The van der Waals surface area contributed by atoms with Crippen molar-refractivity contribution in [2.45, 2.75) is 39.8 Å². The first-order valence-corrected chi connectivity index (χ1v) is 9.57. The van der Waals surface area contributed by atoms with E-state index < -0.39 is 5.97 Å². The zero-order chi connectivity index (χ0) is 20.8. The van der Waals surface area contributed by atoms with E-state index in [0.717, 1.165) is 35.5 Å². The van der Waals surface area contributed by atoms with Crippen LogP contribution in [0.2, 0.25) is 0 Å². The molecule has 1 N–H and O–H groups in total. The molecule has 6 heteroatoms. The van der Waals surface area contributed by atoms with Gasteiger partial charge in [-0.05, 0) is 48.7 Å². The molecule has 0 atom stereocenters. The van der Waals surface area contributed by atoms with E-state index in [1.165, 1.54) is 0 Å². The number of carboxylic acids is 1. The van der Waals surface area contributed by atoms with Gasteiger partial charge in [0.15, 0.2) is 0 Å². The van der Waals surface area contributed by atoms with Crippen LogP contribution in [-0.2, 0) is 19.6 Å². The molecule has 150 valence electrons. The summed E-state index contributed by atoms with van der Waals surface area (Å²) in [5.74, 6) is 0.569. The first-order chi connectivity index (χ1) is 14.0. The Balaban J connectivity index is 1.66. The monoisotopic (exact) mass is 392 g/mol. The fourth-order valence-electron chi connectivity index (χ4n) is 3.05. The van der Waals surface area contributed by atoms with Gasteiger partial charge >= 0.3 is 5.97 Å². The van der Waals surface area contributed by atoms with Crippen molar-refractivity contribution in [1.29, 1.82) is 0 Å². The minimum Gasteiger partial charge on any atom is -0.489 e. The highest BCUT2D eigenvalue weighted by Crippen LogP contribution is 2.16. The number of rotatable bonds is 8. The van der Waals surface area contributed by atoms with Crippen molar-refractivity contribution in [3.05, 3.63) is 93.2 Å². The summed E-state index contributed by atoms with van der Waals surface area (Å²) in [6.07, 6.45) is 1.69. The second-order valence-electron chi connectivity index (χ2n) is 6.92. The predicted molar refractivity (Wildman–Crippen MR) is 111 cm³/mol. The van der Waals surface area contributed by atoms with Crippen molar-refractivity contribution in [3.63, 3.8) is 0 Å². The molecule has 0 radical (unpaired) electrons. The number of aromatic nitrogens is 2. The van der Waals surface area contributed by atoms with Crippen LogP contribution in [0.5, 0.6) is 5.75 Å². The molecule has 0 aliphatic rings. The third-order valence-electron chi connectivity index (χ3n) is 4.56. The summed E-state index contributed by atoms with van der Waals surface area (Å²) >= 11 is 0. The van der Waals surface area contributed by atoms with Crippen LogP contribution in [0.3, 0.4) is 0 Å². The molecule has 0 unspecified atom stereocenters. The SMILES string of the molecule is CCCc1nc(C)cc(=O)n1Cc1ccc(OCc2ccc(C(=O)O)cc2)cc1. The molecular formula is C23H24N2O4. The molecule has 3 aromatic rings. The second-order valence-corrected chi connectivity index (χ2v) is 6.92. The number of benzene rings is 2. The van der Waals surface area contributed by atoms with Crippen LogP contribution in [0, 0.1) is 6.92 Å². The Morgan fingerprint density at radius 2 is 1.72 bits per heavy atom. The first kappa shape index (κ1) is 20.3. The standard InChI is InChI=1S/C23H24N2O4/c1-3-4-21-24-16(2)13-22(26)25(21)14-17-7-11-20(12-8-17)29-15-18-5-9-19(10-6-18)23(27)28/h5-13H,3-4,14-15H2,1-2H3,(H,27,28). The highest BCUT2D eigenvalue weighted by molar-refractivity contribution is 5.87. The molecule has 0 fully saturated rings. The molecule has 0 aliphatic heterocycles. The summed E-state index contributed by atoms with van der Waals surface area (Å²) in [5.41, 5.74) is 2.84. The van der Waals surface area contributed by atoms with E-state index in [9.17, 15) is 9.59 Å². The number of ether oxygens (including phenoxy) is 1. The molecule has 3 rings (SSSR count). The van der Waals surface area contributed by atoms with Crippen LogP contribution < -0.4 is 10.3 Å². The van der Waals surface area contributed by atoms with Crippen LogP contribution >= 0.6 is 0 Å². The summed E-state index contributed by atoms with van der Waals surface area (Å²) in [7, 11) is 0. The number of carbonyl (C=O) groups is 1. The molecule has 0 aliphatic carbocycles. The number of hydrogen-bond donors (Lipinski definition) is 1. The lowest BCUT2D eigenvalue weighted by Crippen LogP contribution is -2.25. The molecule has 1 aromatic heterocycles. The van der Waals surface area contributed by atoms with Crippen molar-refractivity contribution in [2.24, 2.45) is 0 Å². The third-order valence-corrected chi connectivity index (χ3v) is 4.56. The van der Waals surface area contributed by atoms with Crippen LogP contribution in [-0.4, -0.2) is 20.6 Å². The molecule has 29 heavy (non-hydrogen) atoms. The summed E-state index contributed by atoms with van der Waals surface area (Å²) in [5, 5.41) is 8.94. The lowest BCUT2D eigenvalue weighted by atomic mass is 10.1. The Hall–Kier alpha value is -3.41. The van der Waals surface area contributed by atoms with E-state index in [-0.39, 0.29) is 11.1 Å². The maximum atomic E-state index is 12.4. The van der Waals surface area contributed by atoms with Gasteiger partial charge in [0.05, 0.1) is 12.1 Å². The quantitative estimate of drug-likeness (QED) is 0.630. The van der Waals surface area contributed by atoms with Gasteiger partial charge in [0, 0.05) is 18.2 Å². The molecule has 2 aromatic carbocycles. The average Bonchev–Trinajstić information content (AvgIpc) is 2.70. The van der Waals surface area contributed by atoms with Crippen molar-refractivity contribution >= 4 is 5.97 Å². The van der Waals surface area contributed by atoms with Crippen LogP contribution in [0.15, 0.2) is 59.4 Å². The first-order valence-electron chi connectivity index (χ1n) is 9.57. The van der Waals surface area contributed by atoms with Gasteiger partial charge in [-0.15, -0.1) is 0 Å². The summed E-state index contributed by atoms with van der Waals surface area (Å²) in [6, 6.07) is 15.8. The Labute approximate surface area is 169 Å². The lowest BCUT2D eigenvalue weighted by molar-refractivity contribution is 0.0697. The Morgan fingerprint density at radius 1 is 1.07 bits per heavy atom. The normalized spacial score (nSPS) is 10.7. The van der Waals surface area contributed by atoms with Crippen molar-refractivity contribution < 1.29 is 14.6 Å². The molecular weight excluding hydrogens is 368 g/mol. The number of nitrogens with zero attached hydrogens (tertiary/aromatic N) is 2. The molecule has 1 heterocycles. The van der Waals surface area contributed by atoms with E-state index in [1.807, 2.05) is 31.2 Å². The zero-order valence-electron chi connectivity index (χ0n) is 16.6. The van der Waals surface area contributed by atoms with E-state index in [1.54, 1.807) is 34.9 Å². The van der Waals surface area contributed by atoms with Gasteiger partial charge < -0.3 is 9.84 Å². The van der Waals surface area contributed by atoms with E-state index in [4.69, 9.17) is 9.84 Å². The highest BCUT2D eigenvalue weighted by Gasteiger charge is 2.08. The van der Waals surface area contributed by atoms with E-state index >= 15 is 0 Å². The van der Waals surface area contributed by atoms with Gasteiger partial charge in [-0.3, -0.25) is 9.36 Å². The largest absolute Gasteiger partial charge is 0.489 e. The van der Waals surface area contributed by atoms with Crippen molar-refractivity contribution in [1.82, 2.24) is 9.55 Å². The molecule has 0 bridgehead atoms. The molecule has 0 saturated carbocycles. The predicted octanol–water partition coefficient (Wildman–Crippen LogP) is 3.83. The molecule has 6 nitrogen and oxygen atoms in total. The van der Waals surface area contributed by atoms with Gasteiger partial charge in [-0.1, -0.05) is 31.2 Å². The third kappa shape index (κ3) is 5.31. The maximum Gasteiger partial charge on any atom is 0.335 e. The summed E-state index contributed by atoms with van der Waals surface area (Å²) in [4.78, 5) is 27.8. The van der Waals surface area contributed by atoms with Gasteiger partial charge in [0.1, 0.15) is 18.2 Å². The number of hydrogen-bond acceptors (Lipinski definition) is 4. The molecule has 0 saturated heterocycles. The number of aromatic carboxylic acids is 1. The number of aryl methyl sites for hydroxylation is 2. The number of carboxylic acid groups (broad SMARTS) is 1. The van der Waals surface area contributed by atoms with Gasteiger partial charge in [0.25, 0.3) is 5.56 Å². The second kappa shape index (κ2) is 9.19.